The van der Waals surface area contributed by atoms with Gasteiger partial charge in [-0.25, -0.2) is 9.78 Å². The molecule has 1 saturated carbocycles. The minimum Gasteiger partial charge on any atom is -0.338 e. The topological polar surface area (TPSA) is 98.3 Å². The summed E-state index contributed by atoms with van der Waals surface area (Å²) in [6, 6.07) is 1.97. The quantitative estimate of drug-likeness (QED) is 0.449. The Morgan fingerprint density at radius 2 is 2.06 bits per heavy atom. The van der Waals surface area contributed by atoms with Gasteiger partial charge in [0.15, 0.2) is 0 Å². The smallest absolute Gasteiger partial charge is 0.321 e. The monoisotopic (exact) mass is 463 g/mol. The van der Waals surface area contributed by atoms with Crippen molar-refractivity contribution in [2.75, 3.05) is 25.0 Å². The average molecular weight is 464 g/mol. The van der Waals surface area contributed by atoms with Gasteiger partial charge in [0.2, 0.25) is 5.95 Å². The minimum absolute atomic E-state index is 0.238. The second kappa shape index (κ2) is 11.9. The van der Waals surface area contributed by atoms with E-state index in [4.69, 9.17) is 9.98 Å². The Balaban J connectivity index is 1.32. The van der Waals surface area contributed by atoms with Gasteiger partial charge in [0.1, 0.15) is 0 Å². The van der Waals surface area contributed by atoms with Crippen LogP contribution in [0.4, 0.5) is 10.7 Å². The van der Waals surface area contributed by atoms with Gasteiger partial charge in [-0.3, -0.25) is 20.2 Å². The largest absolute Gasteiger partial charge is 0.338 e. The first-order chi connectivity index (χ1) is 16.6. The Morgan fingerprint density at radius 1 is 1.18 bits per heavy atom. The number of carbonyl (C=O) groups is 1. The molecule has 4 rings (SSSR count). The van der Waals surface area contributed by atoms with Crippen LogP contribution in [-0.4, -0.2) is 51.2 Å². The molecule has 0 aromatic carbocycles. The molecule has 2 aliphatic rings. The fourth-order valence-corrected chi connectivity index (χ4v) is 5.02. The lowest BCUT2D eigenvalue weighted by Gasteiger charge is -2.35. The van der Waals surface area contributed by atoms with E-state index in [1.807, 2.05) is 12.4 Å². The Bertz CT molecular complexity index is 999. The molecular weight excluding hydrogens is 426 g/mol. The fraction of sp³-hybridized carbons (Fsp3) is 0.538. The first kappa shape index (κ1) is 24.1. The molecule has 0 saturated heterocycles. The average Bonchev–Trinajstić information content (AvgIpc) is 3.33. The third kappa shape index (κ3) is 6.76. The SMILES string of the molecule is Cc1cnc(CN(CCCCNC(=O)Nc2ncc[nH]2)CC2=NC=CC3CCCC[C@@H]23)c(C)c1. The molecule has 0 radical (unpaired) electrons. The van der Waals surface area contributed by atoms with Crippen molar-refractivity contribution in [1.29, 1.82) is 0 Å². The molecule has 1 unspecified atom stereocenters. The summed E-state index contributed by atoms with van der Waals surface area (Å²) >= 11 is 0. The number of aromatic nitrogens is 3. The molecule has 8 heteroatoms. The van der Waals surface area contributed by atoms with Gasteiger partial charge in [-0.05, 0) is 63.1 Å². The maximum Gasteiger partial charge on any atom is 0.321 e. The molecule has 2 aromatic heterocycles. The van der Waals surface area contributed by atoms with E-state index < -0.39 is 0 Å². The van der Waals surface area contributed by atoms with E-state index in [0.29, 0.717) is 24.3 Å². The van der Waals surface area contributed by atoms with E-state index in [1.54, 1.807) is 12.4 Å². The molecule has 3 heterocycles. The lowest BCUT2D eigenvalue weighted by molar-refractivity contribution is 0.250. The van der Waals surface area contributed by atoms with Crippen LogP contribution in [0.2, 0.25) is 0 Å². The summed E-state index contributed by atoms with van der Waals surface area (Å²) in [5, 5.41) is 5.59. The number of unbranched alkanes of at least 4 members (excludes halogenated alkanes) is 1. The molecule has 8 nitrogen and oxygen atoms in total. The number of hydrogen-bond donors (Lipinski definition) is 3. The van der Waals surface area contributed by atoms with Crippen LogP contribution in [0.15, 0.2) is 41.9 Å². The summed E-state index contributed by atoms with van der Waals surface area (Å²) in [6.45, 7) is 7.49. The zero-order chi connectivity index (χ0) is 23.8. The van der Waals surface area contributed by atoms with Crippen LogP contribution in [0.25, 0.3) is 0 Å². The van der Waals surface area contributed by atoms with Crippen molar-refractivity contribution in [1.82, 2.24) is 25.2 Å². The van der Waals surface area contributed by atoms with E-state index in [0.717, 1.165) is 38.2 Å². The lowest BCUT2D eigenvalue weighted by atomic mass is 9.75. The predicted octanol–water partition coefficient (Wildman–Crippen LogP) is 4.60. The van der Waals surface area contributed by atoms with Crippen LogP contribution in [0, 0.1) is 25.7 Å². The highest BCUT2D eigenvalue weighted by atomic mass is 16.2. The number of aryl methyl sites for hydroxylation is 2. The number of nitrogens with one attached hydrogen (secondary N) is 3. The molecule has 1 fully saturated rings. The van der Waals surface area contributed by atoms with E-state index in [1.165, 1.54) is 42.5 Å². The van der Waals surface area contributed by atoms with E-state index in [9.17, 15) is 4.79 Å². The van der Waals surface area contributed by atoms with Gasteiger partial charge in [0, 0.05) is 56.1 Å². The number of rotatable bonds is 10. The van der Waals surface area contributed by atoms with Crippen LogP contribution in [0.1, 0.15) is 55.3 Å². The molecule has 182 valence electrons. The number of aromatic amines is 1. The summed E-state index contributed by atoms with van der Waals surface area (Å²) in [4.78, 5) is 30.9. The summed E-state index contributed by atoms with van der Waals surface area (Å²) < 4.78 is 0. The number of fused-ring (bicyclic) bond motifs is 1. The predicted molar refractivity (Wildman–Crippen MR) is 136 cm³/mol. The number of urea groups is 1. The van der Waals surface area contributed by atoms with E-state index in [2.05, 4.69) is 51.5 Å². The van der Waals surface area contributed by atoms with Crippen LogP contribution < -0.4 is 10.6 Å². The molecule has 2 atom stereocenters. The molecule has 0 spiro atoms. The molecule has 1 aliphatic heterocycles. The van der Waals surface area contributed by atoms with Gasteiger partial charge < -0.3 is 10.3 Å². The third-order valence-corrected chi connectivity index (χ3v) is 6.82. The first-order valence-corrected chi connectivity index (χ1v) is 12.5. The molecule has 1 aliphatic carbocycles. The fourth-order valence-electron chi connectivity index (χ4n) is 5.02. The van der Waals surface area contributed by atoms with Gasteiger partial charge >= 0.3 is 6.03 Å². The summed E-state index contributed by atoms with van der Waals surface area (Å²) in [7, 11) is 0. The Kier molecular flexibility index (Phi) is 8.46. The van der Waals surface area contributed by atoms with Gasteiger partial charge in [-0.15, -0.1) is 0 Å². The number of hydrogen-bond acceptors (Lipinski definition) is 5. The molecule has 2 amide bonds. The number of imidazole rings is 1. The van der Waals surface area contributed by atoms with Gasteiger partial charge in [0.05, 0.1) is 5.69 Å². The van der Waals surface area contributed by atoms with Crippen LogP contribution in [0.3, 0.4) is 0 Å². The number of anilines is 1. The zero-order valence-electron chi connectivity index (χ0n) is 20.4. The maximum absolute atomic E-state index is 12.0. The Hall–Kier alpha value is -3.00. The van der Waals surface area contributed by atoms with Crippen LogP contribution in [-0.2, 0) is 6.54 Å². The second-order valence-corrected chi connectivity index (χ2v) is 9.53. The van der Waals surface area contributed by atoms with Crippen molar-refractivity contribution in [2.24, 2.45) is 16.8 Å². The van der Waals surface area contributed by atoms with E-state index in [-0.39, 0.29) is 6.03 Å². The van der Waals surface area contributed by atoms with Crippen molar-refractivity contribution in [3.05, 3.63) is 53.8 Å². The molecular formula is C26H37N7O. The number of carbonyl (C=O) groups excluding carboxylic acids is 1. The van der Waals surface area contributed by atoms with Crippen molar-refractivity contribution < 1.29 is 4.79 Å². The van der Waals surface area contributed by atoms with Crippen molar-refractivity contribution in [3.63, 3.8) is 0 Å². The van der Waals surface area contributed by atoms with Crippen molar-refractivity contribution in [2.45, 2.75) is 58.9 Å². The van der Waals surface area contributed by atoms with Gasteiger partial charge in [-0.1, -0.05) is 25.0 Å². The summed E-state index contributed by atoms with van der Waals surface area (Å²) in [5.74, 6) is 1.69. The molecule has 34 heavy (non-hydrogen) atoms. The zero-order valence-corrected chi connectivity index (χ0v) is 20.4. The van der Waals surface area contributed by atoms with Gasteiger partial charge in [-0.2, -0.15) is 0 Å². The van der Waals surface area contributed by atoms with E-state index >= 15 is 0 Å². The molecule has 0 bridgehead atoms. The Labute approximate surface area is 202 Å². The standard InChI is InChI=1S/C26H37N7O/c1-19-15-20(2)23(31-16-19)17-33(18-24-22-8-4-3-7-21(22)9-11-27-24)14-6-5-10-30-26(34)32-25-28-12-13-29-25/h9,11-13,15-16,21-22H,3-8,10,14,17-18H2,1-2H3,(H3,28,29,30,32,34)/t21?,22-/m1/s1. The Morgan fingerprint density at radius 3 is 2.88 bits per heavy atom. The highest BCUT2D eigenvalue weighted by Crippen LogP contribution is 2.34. The maximum atomic E-state index is 12.0. The summed E-state index contributed by atoms with van der Waals surface area (Å²) in [5.41, 5.74) is 4.89. The minimum atomic E-state index is -0.238. The molecule has 3 N–H and O–H groups in total. The van der Waals surface area contributed by atoms with Gasteiger partial charge in [0.25, 0.3) is 0 Å². The normalized spacial score (nSPS) is 19.6. The third-order valence-electron chi connectivity index (χ3n) is 6.82. The second-order valence-electron chi connectivity index (χ2n) is 9.53. The number of aliphatic imine (C=N–C) groups is 1. The first-order valence-electron chi connectivity index (χ1n) is 12.5. The number of allylic oxidation sites excluding steroid dienone is 1. The molecule has 2 aromatic rings. The van der Waals surface area contributed by atoms with Crippen molar-refractivity contribution >= 4 is 17.7 Å². The number of amides is 2. The number of H-pyrrole nitrogens is 1. The summed E-state index contributed by atoms with van der Waals surface area (Å²) in [6.07, 6.45) is 16.6. The number of pyridine rings is 1. The lowest BCUT2D eigenvalue weighted by Crippen LogP contribution is -2.38. The van der Waals surface area contributed by atoms with Crippen LogP contribution in [0.5, 0.6) is 0 Å². The highest BCUT2D eigenvalue weighted by molar-refractivity contribution is 5.90. The van der Waals surface area contributed by atoms with Crippen LogP contribution >= 0.6 is 0 Å². The number of nitrogens with zero attached hydrogens (tertiary/aromatic N) is 4. The van der Waals surface area contributed by atoms with Crippen molar-refractivity contribution in [3.8, 4) is 0 Å². The highest BCUT2D eigenvalue weighted by Gasteiger charge is 2.30.